The Kier molecular flexibility index (Phi) is 5.77. The van der Waals surface area contributed by atoms with Crippen molar-refractivity contribution >= 4 is 28.9 Å². The fourth-order valence-electron chi connectivity index (χ4n) is 2.16. The lowest BCUT2D eigenvalue weighted by molar-refractivity contribution is 0.306. The van der Waals surface area contributed by atoms with E-state index < -0.39 is 0 Å². The monoisotopic (exact) mass is 323 g/mol. The molecule has 0 atom stereocenters. The molecule has 0 aromatic heterocycles. The van der Waals surface area contributed by atoms with Crippen LogP contribution in [0.4, 0.5) is 5.69 Å². The molecule has 2 aromatic rings. The maximum absolute atomic E-state index is 6.15. The van der Waals surface area contributed by atoms with Crippen molar-refractivity contribution in [3.8, 4) is 5.75 Å². The largest absolute Gasteiger partial charge is 0.489 e. The van der Waals surface area contributed by atoms with Crippen LogP contribution in [0.5, 0.6) is 5.75 Å². The Morgan fingerprint density at radius 3 is 2.43 bits per heavy atom. The van der Waals surface area contributed by atoms with E-state index in [2.05, 4.69) is 30.9 Å². The fourth-order valence-corrected chi connectivity index (χ4v) is 2.62. The van der Waals surface area contributed by atoms with Gasteiger partial charge >= 0.3 is 0 Å². The summed E-state index contributed by atoms with van der Waals surface area (Å²) in [7, 11) is 0. The Morgan fingerprint density at radius 1 is 1.00 bits per heavy atom. The summed E-state index contributed by atoms with van der Waals surface area (Å²) in [4.78, 5) is 2.28. The summed E-state index contributed by atoms with van der Waals surface area (Å²) in [6.07, 6.45) is 0. The summed E-state index contributed by atoms with van der Waals surface area (Å²) in [5.41, 5.74) is 2.09. The number of ether oxygens (including phenoxy) is 1. The Hall–Kier alpha value is -1.38. The van der Waals surface area contributed by atoms with Gasteiger partial charge in [-0.1, -0.05) is 35.3 Å². The number of nitrogens with zero attached hydrogens (tertiary/aromatic N) is 1. The normalized spacial score (nSPS) is 10.5. The predicted molar refractivity (Wildman–Crippen MR) is 90.8 cm³/mol. The van der Waals surface area contributed by atoms with E-state index in [-0.39, 0.29) is 0 Å². The van der Waals surface area contributed by atoms with Crippen molar-refractivity contribution in [1.82, 2.24) is 0 Å². The molecule has 0 spiro atoms. The highest BCUT2D eigenvalue weighted by molar-refractivity contribution is 6.35. The first-order chi connectivity index (χ1) is 10.1. The quantitative estimate of drug-likeness (QED) is 0.703. The molecule has 0 heterocycles. The summed E-state index contributed by atoms with van der Waals surface area (Å²) in [6.45, 7) is 6.67. The number of hydrogen-bond acceptors (Lipinski definition) is 2. The highest BCUT2D eigenvalue weighted by atomic mass is 35.5. The third-order valence-corrected chi connectivity index (χ3v) is 3.94. The van der Waals surface area contributed by atoms with Crippen molar-refractivity contribution in [3.05, 3.63) is 58.1 Å². The molecule has 0 saturated carbocycles. The van der Waals surface area contributed by atoms with Gasteiger partial charge in [-0.25, -0.2) is 0 Å². The van der Waals surface area contributed by atoms with Gasteiger partial charge < -0.3 is 9.64 Å². The van der Waals surface area contributed by atoms with Gasteiger partial charge in [0.25, 0.3) is 0 Å². The minimum Gasteiger partial charge on any atom is -0.489 e. The van der Waals surface area contributed by atoms with Crippen LogP contribution in [0, 0.1) is 0 Å². The zero-order chi connectivity index (χ0) is 15.2. The van der Waals surface area contributed by atoms with Crippen molar-refractivity contribution in [2.24, 2.45) is 0 Å². The number of benzene rings is 2. The summed E-state index contributed by atoms with van der Waals surface area (Å²) in [5.74, 6) is 0.838. The SMILES string of the molecule is CCN(CC)c1cccc(OCc2ccc(Cl)cc2Cl)c1. The van der Waals surface area contributed by atoms with Crippen molar-refractivity contribution in [2.45, 2.75) is 20.5 Å². The Balaban J connectivity index is 2.08. The Bertz CT molecular complexity index is 597. The van der Waals surface area contributed by atoms with Crippen LogP contribution in [-0.2, 0) is 6.61 Å². The van der Waals surface area contributed by atoms with Gasteiger partial charge in [-0.2, -0.15) is 0 Å². The second kappa shape index (κ2) is 7.58. The van der Waals surface area contributed by atoms with E-state index in [1.54, 1.807) is 6.07 Å². The second-order valence-electron chi connectivity index (χ2n) is 4.69. The van der Waals surface area contributed by atoms with E-state index in [0.29, 0.717) is 16.7 Å². The highest BCUT2D eigenvalue weighted by Crippen LogP contribution is 2.25. The van der Waals surface area contributed by atoms with Crippen LogP contribution in [-0.4, -0.2) is 13.1 Å². The average molecular weight is 324 g/mol. The van der Waals surface area contributed by atoms with Crippen LogP contribution in [0.1, 0.15) is 19.4 Å². The molecule has 0 saturated heterocycles. The van der Waals surface area contributed by atoms with Crippen LogP contribution in [0.25, 0.3) is 0 Å². The maximum Gasteiger partial charge on any atom is 0.121 e. The molecule has 2 rings (SSSR count). The minimum absolute atomic E-state index is 0.428. The third-order valence-electron chi connectivity index (χ3n) is 3.36. The van der Waals surface area contributed by atoms with Gasteiger partial charge in [0.05, 0.1) is 0 Å². The standard InChI is InChI=1S/C17H19Cl2NO/c1-3-20(4-2)15-6-5-7-16(11-15)21-12-13-8-9-14(18)10-17(13)19/h5-11H,3-4,12H2,1-2H3. The molecule has 0 bridgehead atoms. The van der Waals surface area contributed by atoms with E-state index in [0.717, 1.165) is 24.4 Å². The van der Waals surface area contributed by atoms with Crippen molar-refractivity contribution in [3.63, 3.8) is 0 Å². The Labute approximate surface area is 136 Å². The first kappa shape index (κ1) is 16.0. The summed E-state index contributed by atoms with van der Waals surface area (Å²) in [5, 5.41) is 1.26. The molecule has 2 aromatic carbocycles. The molecule has 0 radical (unpaired) electrons. The molecular weight excluding hydrogens is 305 g/mol. The van der Waals surface area contributed by atoms with Gasteiger partial charge in [-0.15, -0.1) is 0 Å². The van der Waals surface area contributed by atoms with E-state index in [1.807, 2.05) is 24.3 Å². The molecule has 0 aliphatic carbocycles. The first-order valence-electron chi connectivity index (χ1n) is 7.05. The zero-order valence-corrected chi connectivity index (χ0v) is 13.8. The summed E-state index contributed by atoms with van der Waals surface area (Å²) in [6, 6.07) is 13.5. The van der Waals surface area contributed by atoms with Gasteiger partial charge in [0.1, 0.15) is 12.4 Å². The number of anilines is 1. The first-order valence-corrected chi connectivity index (χ1v) is 7.81. The maximum atomic E-state index is 6.15. The molecule has 0 fully saturated rings. The van der Waals surface area contributed by atoms with Crippen LogP contribution in [0.2, 0.25) is 10.0 Å². The molecule has 2 nitrogen and oxygen atoms in total. The van der Waals surface area contributed by atoms with Crippen molar-refractivity contribution in [1.29, 1.82) is 0 Å². The fraction of sp³-hybridized carbons (Fsp3) is 0.294. The third kappa shape index (κ3) is 4.29. The molecule has 4 heteroatoms. The highest BCUT2D eigenvalue weighted by Gasteiger charge is 2.05. The molecular formula is C17H19Cl2NO. The topological polar surface area (TPSA) is 12.5 Å². The van der Waals surface area contributed by atoms with E-state index in [4.69, 9.17) is 27.9 Å². The molecule has 0 unspecified atom stereocenters. The van der Waals surface area contributed by atoms with Crippen LogP contribution < -0.4 is 9.64 Å². The predicted octanol–water partition coefficient (Wildman–Crippen LogP) is 5.42. The minimum atomic E-state index is 0.428. The molecule has 0 amide bonds. The van der Waals surface area contributed by atoms with Crippen LogP contribution >= 0.6 is 23.2 Å². The van der Waals surface area contributed by atoms with Crippen LogP contribution in [0.3, 0.4) is 0 Å². The van der Waals surface area contributed by atoms with Gasteiger partial charge in [0.15, 0.2) is 0 Å². The Morgan fingerprint density at radius 2 is 1.76 bits per heavy atom. The second-order valence-corrected chi connectivity index (χ2v) is 5.54. The van der Waals surface area contributed by atoms with Crippen molar-refractivity contribution < 1.29 is 4.74 Å². The number of rotatable bonds is 6. The van der Waals surface area contributed by atoms with E-state index in [9.17, 15) is 0 Å². The smallest absolute Gasteiger partial charge is 0.121 e. The molecule has 21 heavy (non-hydrogen) atoms. The van der Waals surface area contributed by atoms with Gasteiger partial charge in [-0.05, 0) is 38.1 Å². The lowest BCUT2D eigenvalue weighted by Crippen LogP contribution is -2.21. The van der Waals surface area contributed by atoms with E-state index in [1.165, 1.54) is 5.69 Å². The number of hydrogen-bond donors (Lipinski definition) is 0. The van der Waals surface area contributed by atoms with Gasteiger partial charge in [-0.3, -0.25) is 0 Å². The molecule has 112 valence electrons. The van der Waals surface area contributed by atoms with Crippen LogP contribution in [0.15, 0.2) is 42.5 Å². The lowest BCUT2D eigenvalue weighted by Gasteiger charge is -2.21. The zero-order valence-electron chi connectivity index (χ0n) is 12.3. The van der Waals surface area contributed by atoms with Gasteiger partial charge in [0, 0.05) is 40.5 Å². The molecule has 0 aliphatic rings. The molecule has 0 aliphatic heterocycles. The summed E-state index contributed by atoms with van der Waals surface area (Å²) < 4.78 is 5.84. The number of halogens is 2. The lowest BCUT2D eigenvalue weighted by atomic mass is 10.2. The van der Waals surface area contributed by atoms with Gasteiger partial charge in [0.2, 0.25) is 0 Å². The average Bonchev–Trinajstić information content (AvgIpc) is 2.48. The summed E-state index contributed by atoms with van der Waals surface area (Å²) >= 11 is 12.0. The van der Waals surface area contributed by atoms with Crippen molar-refractivity contribution in [2.75, 3.05) is 18.0 Å². The van der Waals surface area contributed by atoms with E-state index >= 15 is 0 Å². The molecule has 0 N–H and O–H groups in total.